The van der Waals surface area contributed by atoms with Crippen molar-refractivity contribution in [3.63, 3.8) is 0 Å². The first-order chi connectivity index (χ1) is 12.5. The molecule has 1 aromatic rings. The van der Waals surface area contributed by atoms with Crippen LogP contribution < -0.4 is 15.2 Å². The molecule has 7 heteroatoms. The van der Waals surface area contributed by atoms with Gasteiger partial charge in [0.25, 0.3) is 0 Å². The minimum Gasteiger partial charge on any atom is -0.493 e. The lowest BCUT2D eigenvalue weighted by atomic mass is 9.83. The molecule has 1 aromatic carbocycles. The van der Waals surface area contributed by atoms with Crippen LogP contribution in [-0.4, -0.2) is 67.9 Å². The number of methoxy groups -OCH3 is 2. The molecule has 4 atom stereocenters. The van der Waals surface area contributed by atoms with E-state index in [0.29, 0.717) is 6.54 Å². The van der Waals surface area contributed by atoms with Gasteiger partial charge in [-0.15, -0.1) is 0 Å². The third kappa shape index (κ3) is 2.79. The first kappa shape index (κ1) is 17.4. The van der Waals surface area contributed by atoms with Gasteiger partial charge < -0.3 is 19.9 Å². The van der Waals surface area contributed by atoms with Crippen molar-refractivity contribution >= 4 is 6.09 Å². The number of ether oxygens (including phenoxy) is 3. The average Bonchev–Trinajstić information content (AvgIpc) is 2.97. The van der Waals surface area contributed by atoms with Crippen LogP contribution in [0.15, 0.2) is 12.1 Å². The van der Waals surface area contributed by atoms with E-state index < -0.39 is 0 Å². The van der Waals surface area contributed by atoms with Gasteiger partial charge in [-0.25, -0.2) is 4.79 Å². The first-order valence-corrected chi connectivity index (χ1v) is 9.23. The fourth-order valence-corrected chi connectivity index (χ4v) is 4.59. The summed E-state index contributed by atoms with van der Waals surface area (Å²) in [5, 5.41) is 0. The van der Waals surface area contributed by atoms with Crippen molar-refractivity contribution in [2.75, 3.05) is 33.9 Å². The van der Waals surface area contributed by atoms with E-state index in [1.165, 1.54) is 11.1 Å². The Morgan fingerprint density at radius 1 is 1.19 bits per heavy atom. The molecule has 0 bridgehead atoms. The lowest BCUT2D eigenvalue weighted by Gasteiger charge is -2.48. The summed E-state index contributed by atoms with van der Waals surface area (Å²) in [6, 6.07) is 4.35. The Labute approximate surface area is 154 Å². The predicted octanol–water partition coefficient (Wildman–Crippen LogP) is 1.54. The van der Waals surface area contributed by atoms with Crippen molar-refractivity contribution in [1.82, 2.24) is 9.80 Å². The Morgan fingerprint density at radius 2 is 1.92 bits per heavy atom. The minimum absolute atomic E-state index is 0.00499. The monoisotopic (exact) mass is 361 g/mol. The summed E-state index contributed by atoms with van der Waals surface area (Å²) in [6.07, 6.45) is 1.46. The van der Waals surface area contributed by atoms with Gasteiger partial charge in [0.2, 0.25) is 0 Å². The highest BCUT2D eigenvalue weighted by Gasteiger charge is 2.44. The van der Waals surface area contributed by atoms with E-state index in [1.54, 1.807) is 14.2 Å². The zero-order chi connectivity index (χ0) is 18.4. The Kier molecular flexibility index (Phi) is 4.44. The maximum atomic E-state index is 12.1. The van der Waals surface area contributed by atoms with Crippen molar-refractivity contribution in [3.8, 4) is 11.5 Å². The highest BCUT2D eigenvalue weighted by Crippen LogP contribution is 2.42. The van der Waals surface area contributed by atoms with Crippen molar-refractivity contribution < 1.29 is 19.0 Å². The van der Waals surface area contributed by atoms with E-state index >= 15 is 0 Å². The number of hydrogen-bond acceptors (Lipinski definition) is 6. The Hall–Kier alpha value is -1.99. The highest BCUT2D eigenvalue weighted by atomic mass is 16.6. The summed E-state index contributed by atoms with van der Waals surface area (Å²) >= 11 is 0. The molecule has 1 unspecified atom stereocenters. The SMILES string of the molecule is COc1cc2c(cc1OC)[C@@H]1C[C@H](N)[C@@H](N3CC(C)OC3=O)CN1CC2. The maximum absolute atomic E-state index is 12.1. The molecule has 0 aliphatic carbocycles. The molecule has 3 aliphatic heterocycles. The van der Waals surface area contributed by atoms with Crippen LogP contribution in [0.2, 0.25) is 0 Å². The number of fused-ring (bicyclic) bond motifs is 3. The number of benzene rings is 1. The minimum atomic E-state index is -0.236. The van der Waals surface area contributed by atoms with Crippen LogP contribution in [0.5, 0.6) is 11.5 Å². The lowest BCUT2D eigenvalue weighted by molar-refractivity contribution is 0.0566. The van der Waals surface area contributed by atoms with Crippen molar-refractivity contribution in [2.24, 2.45) is 5.73 Å². The molecule has 0 aromatic heterocycles. The van der Waals surface area contributed by atoms with Gasteiger partial charge in [-0.3, -0.25) is 9.80 Å². The third-order valence-electron chi connectivity index (χ3n) is 5.92. The number of hydrogen-bond donors (Lipinski definition) is 1. The van der Waals surface area contributed by atoms with Crippen LogP contribution in [0.1, 0.15) is 30.5 Å². The Bertz CT molecular complexity index is 710. The summed E-state index contributed by atoms with van der Waals surface area (Å²) in [5.74, 6) is 1.52. The number of nitrogens with two attached hydrogens (primary N) is 1. The van der Waals surface area contributed by atoms with Crippen LogP contribution in [0.25, 0.3) is 0 Å². The molecule has 7 nitrogen and oxygen atoms in total. The molecule has 142 valence electrons. The number of nitrogens with zero attached hydrogens (tertiary/aromatic N) is 2. The van der Waals surface area contributed by atoms with Gasteiger partial charge in [0.05, 0.1) is 26.8 Å². The second-order valence-corrected chi connectivity index (χ2v) is 7.48. The zero-order valence-electron chi connectivity index (χ0n) is 15.6. The van der Waals surface area contributed by atoms with E-state index in [-0.39, 0.29) is 30.3 Å². The number of carbonyl (C=O) groups is 1. The summed E-state index contributed by atoms with van der Waals surface area (Å²) in [4.78, 5) is 16.4. The largest absolute Gasteiger partial charge is 0.493 e. The second-order valence-electron chi connectivity index (χ2n) is 7.48. The van der Waals surface area contributed by atoms with Gasteiger partial charge in [-0.2, -0.15) is 0 Å². The predicted molar refractivity (Wildman–Crippen MR) is 96.6 cm³/mol. The number of amides is 1. The van der Waals surface area contributed by atoms with E-state index in [0.717, 1.165) is 37.4 Å². The molecule has 26 heavy (non-hydrogen) atoms. The quantitative estimate of drug-likeness (QED) is 0.880. The molecule has 0 saturated carbocycles. The number of cyclic esters (lactones) is 1. The van der Waals surface area contributed by atoms with Crippen LogP contribution in [0, 0.1) is 0 Å². The number of carbonyl (C=O) groups excluding carboxylic acids is 1. The number of piperidine rings is 1. The van der Waals surface area contributed by atoms with Gasteiger partial charge in [-0.05, 0) is 43.0 Å². The van der Waals surface area contributed by atoms with Gasteiger partial charge in [-0.1, -0.05) is 0 Å². The molecule has 0 radical (unpaired) electrons. The summed E-state index contributed by atoms with van der Waals surface area (Å²) < 4.78 is 16.2. The summed E-state index contributed by atoms with van der Waals surface area (Å²) in [5.41, 5.74) is 9.08. The van der Waals surface area contributed by atoms with Crippen molar-refractivity contribution in [1.29, 1.82) is 0 Å². The van der Waals surface area contributed by atoms with Gasteiger partial charge >= 0.3 is 6.09 Å². The molecule has 3 aliphatic rings. The van der Waals surface area contributed by atoms with Gasteiger partial charge in [0, 0.05) is 25.2 Å². The summed E-state index contributed by atoms with van der Waals surface area (Å²) in [7, 11) is 3.32. The van der Waals surface area contributed by atoms with Crippen LogP contribution in [0.3, 0.4) is 0 Å². The average molecular weight is 361 g/mol. The van der Waals surface area contributed by atoms with E-state index in [9.17, 15) is 4.79 Å². The maximum Gasteiger partial charge on any atom is 0.410 e. The molecular weight excluding hydrogens is 334 g/mol. The van der Waals surface area contributed by atoms with Crippen LogP contribution in [-0.2, 0) is 11.2 Å². The van der Waals surface area contributed by atoms with E-state index in [4.69, 9.17) is 19.9 Å². The molecular formula is C19H27N3O4. The smallest absolute Gasteiger partial charge is 0.410 e. The van der Waals surface area contributed by atoms with Crippen molar-refractivity contribution in [3.05, 3.63) is 23.3 Å². The lowest BCUT2D eigenvalue weighted by Crippen LogP contribution is -2.60. The van der Waals surface area contributed by atoms with Crippen LogP contribution >= 0.6 is 0 Å². The van der Waals surface area contributed by atoms with Gasteiger partial charge in [0.1, 0.15) is 6.10 Å². The fourth-order valence-electron chi connectivity index (χ4n) is 4.59. The van der Waals surface area contributed by atoms with Crippen LogP contribution in [0.4, 0.5) is 4.79 Å². The summed E-state index contributed by atoms with van der Waals surface area (Å²) in [6.45, 7) is 4.28. The Balaban J connectivity index is 1.60. The molecule has 0 spiro atoms. The highest BCUT2D eigenvalue weighted by molar-refractivity contribution is 5.70. The normalized spacial score (nSPS) is 31.2. The molecule has 1 amide bonds. The molecule has 4 rings (SSSR count). The molecule has 2 saturated heterocycles. The second kappa shape index (κ2) is 6.63. The standard InChI is InChI=1S/C19H27N3O4/c1-11-9-22(19(23)26-11)16-10-21-5-4-12-6-17(24-2)18(25-3)7-13(12)15(21)8-14(16)20/h6-7,11,14-16H,4-5,8-10,20H2,1-3H3/t11?,14-,15-,16-/m0/s1. The van der Waals surface area contributed by atoms with E-state index in [2.05, 4.69) is 17.0 Å². The molecule has 2 N–H and O–H groups in total. The molecule has 2 fully saturated rings. The fraction of sp³-hybridized carbons (Fsp3) is 0.632. The topological polar surface area (TPSA) is 77.3 Å². The Morgan fingerprint density at radius 3 is 2.58 bits per heavy atom. The molecule has 3 heterocycles. The van der Waals surface area contributed by atoms with Crippen molar-refractivity contribution in [2.45, 2.75) is 44.0 Å². The third-order valence-corrected chi connectivity index (χ3v) is 5.92. The van der Waals surface area contributed by atoms with Gasteiger partial charge in [0.15, 0.2) is 11.5 Å². The first-order valence-electron chi connectivity index (χ1n) is 9.23. The van der Waals surface area contributed by atoms with E-state index in [1.807, 2.05) is 11.8 Å². The zero-order valence-corrected chi connectivity index (χ0v) is 15.6. The number of rotatable bonds is 3.